The van der Waals surface area contributed by atoms with Gasteiger partial charge in [-0.25, -0.2) is 5.01 Å². The number of aryl methyl sites for hydroxylation is 1. The fourth-order valence-corrected chi connectivity index (χ4v) is 2.02. The third kappa shape index (κ3) is 2.36. The number of hydrazine groups is 1. The van der Waals surface area contributed by atoms with E-state index in [1.165, 1.54) is 6.42 Å². The van der Waals surface area contributed by atoms with Crippen molar-refractivity contribution in [1.82, 2.24) is 15.0 Å². The number of nitrogens with one attached hydrogen (secondary N) is 1. The van der Waals surface area contributed by atoms with Crippen LogP contribution in [-0.2, 0) is 7.05 Å². The van der Waals surface area contributed by atoms with Gasteiger partial charge >= 0.3 is 0 Å². The van der Waals surface area contributed by atoms with Crippen molar-refractivity contribution in [3.05, 3.63) is 18.0 Å². The Morgan fingerprint density at radius 3 is 2.62 bits per heavy atom. The van der Waals surface area contributed by atoms with Crippen molar-refractivity contribution in [3.63, 3.8) is 0 Å². The van der Waals surface area contributed by atoms with E-state index < -0.39 is 0 Å². The molecule has 0 saturated carbocycles. The molecule has 1 aromatic rings. The van der Waals surface area contributed by atoms with Crippen molar-refractivity contribution in [3.8, 4) is 0 Å². The van der Waals surface area contributed by atoms with Crippen LogP contribution in [0.3, 0.4) is 0 Å². The minimum atomic E-state index is -0.0823. The summed E-state index contributed by atoms with van der Waals surface area (Å²) >= 11 is 0. The summed E-state index contributed by atoms with van der Waals surface area (Å²) in [6.07, 6.45) is 5.29. The molecule has 0 bridgehead atoms. The topological polar surface area (TPSA) is 63.3 Å². The number of hydrogen-bond acceptors (Lipinski definition) is 3. The molecule has 88 valence electrons. The molecular weight excluding hydrogens is 204 g/mol. The van der Waals surface area contributed by atoms with E-state index in [2.05, 4.69) is 5.43 Å². The molecule has 16 heavy (non-hydrogen) atoms. The number of nitrogens with zero attached hydrogens (tertiary/aromatic N) is 2. The van der Waals surface area contributed by atoms with Crippen LogP contribution in [0.5, 0.6) is 0 Å². The number of anilines is 1. The summed E-state index contributed by atoms with van der Waals surface area (Å²) in [5, 5.41) is 1.98. The van der Waals surface area contributed by atoms with Gasteiger partial charge in [0, 0.05) is 26.3 Å². The molecule has 1 aromatic heterocycles. The second kappa shape index (κ2) is 4.57. The molecule has 0 aliphatic carbocycles. The molecule has 3 N–H and O–H groups in total. The van der Waals surface area contributed by atoms with Crippen LogP contribution in [0, 0.1) is 0 Å². The molecule has 0 unspecified atom stereocenters. The third-order valence-corrected chi connectivity index (χ3v) is 2.87. The largest absolute Gasteiger partial charge is 0.397 e. The SMILES string of the molecule is Cn1cc(N)cc1C(=O)NN1CCCCC1. The quantitative estimate of drug-likeness (QED) is 0.775. The average molecular weight is 222 g/mol. The van der Waals surface area contributed by atoms with Gasteiger partial charge in [0.05, 0.1) is 5.69 Å². The van der Waals surface area contributed by atoms with E-state index in [1.807, 2.05) is 12.1 Å². The molecule has 0 radical (unpaired) electrons. The van der Waals surface area contributed by atoms with Crippen LogP contribution in [0.1, 0.15) is 29.8 Å². The zero-order valence-corrected chi connectivity index (χ0v) is 9.57. The highest BCUT2D eigenvalue weighted by Gasteiger charge is 2.16. The van der Waals surface area contributed by atoms with Gasteiger partial charge in [0.25, 0.3) is 5.91 Å². The first-order valence-electron chi connectivity index (χ1n) is 5.64. The Morgan fingerprint density at radius 1 is 1.38 bits per heavy atom. The Hall–Kier alpha value is -1.49. The number of nitrogens with two attached hydrogens (primary N) is 1. The summed E-state index contributed by atoms with van der Waals surface area (Å²) in [6, 6.07) is 1.69. The lowest BCUT2D eigenvalue weighted by atomic mass is 10.2. The lowest BCUT2D eigenvalue weighted by Gasteiger charge is -2.26. The number of aromatic nitrogens is 1. The Kier molecular flexibility index (Phi) is 3.14. The van der Waals surface area contributed by atoms with Crippen molar-refractivity contribution < 1.29 is 4.79 Å². The summed E-state index contributed by atoms with van der Waals surface area (Å²) in [4.78, 5) is 11.9. The molecule has 5 nitrogen and oxygen atoms in total. The predicted octanol–water partition coefficient (Wildman–Crippen LogP) is 0.738. The van der Waals surface area contributed by atoms with Crippen LogP contribution >= 0.6 is 0 Å². The van der Waals surface area contributed by atoms with Crippen LogP contribution in [0.2, 0.25) is 0 Å². The molecule has 0 spiro atoms. The van der Waals surface area contributed by atoms with Gasteiger partial charge in [0.1, 0.15) is 5.69 Å². The number of nitrogen functional groups attached to an aromatic ring is 1. The van der Waals surface area contributed by atoms with E-state index in [-0.39, 0.29) is 5.91 Å². The van der Waals surface area contributed by atoms with Gasteiger partial charge in [-0.1, -0.05) is 6.42 Å². The van der Waals surface area contributed by atoms with Crippen molar-refractivity contribution in [1.29, 1.82) is 0 Å². The summed E-state index contributed by atoms with van der Waals surface area (Å²) in [6.45, 7) is 1.87. The van der Waals surface area contributed by atoms with Crippen molar-refractivity contribution in [2.24, 2.45) is 7.05 Å². The minimum Gasteiger partial charge on any atom is -0.397 e. The Balaban J connectivity index is 1.99. The molecule has 2 heterocycles. The molecule has 0 atom stereocenters. The van der Waals surface area contributed by atoms with Gasteiger partial charge in [-0.05, 0) is 18.9 Å². The molecule has 1 saturated heterocycles. The molecule has 0 aromatic carbocycles. The van der Waals surface area contributed by atoms with Crippen LogP contribution in [0.15, 0.2) is 12.3 Å². The first-order valence-corrected chi connectivity index (χ1v) is 5.64. The van der Waals surface area contributed by atoms with E-state index in [0.29, 0.717) is 11.4 Å². The smallest absolute Gasteiger partial charge is 0.282 e. The van der Waals surface area contributed by atoms with E-state index >= 15 is 0 Å². The maximum Gasteiger partial charge on any atom is 0.282 e. The monoisotopic (exact) mass is 222 g/mol. The first-order chi connectivity index (χ1) is 7.66. The van der Waals surface area contributed by atoms with Crippen molar-refractivity contribution in [2.75, 3.05) is 18.8 Å². The Morgan fingerprint density at radius 2 is 2.06 bits per heavy atom. The van der Waals surface area contributed by atoms with E-state index in [9.17, 15) is 4.79 Å². The highest BCUT2D eigenvalue weighted by molar-refractivity contribution is 5.93. The van der Waals surface area contributed by atoms with Gasteiger partial charge in [-0.15, -0.1) is 0 Å². The van der Waals surface area contributed by atoms with Gasteiger partial charge in [0.2, 0.25) is 0 Å². The number of amides is 1. The van der Waals surface area contributed by atoms with Crippen molar-refractivity contribution in [2.45, 2.75) is 19.3 Å². The number of hydrogen-bond donors (Lipinski definition) is 2. The Labute approximate surface area is 95.2 Å². The summed E-state index contributed by atoms with van der Waals surface area (Å²) in [5.74, 6) is -0.0823. The van der Waals surface area contributed by atoms with E-state index in [4.69, 9.17) is 5.73 Å². The zero-order chi connectivity index (χ0) is 11.5. The molecule has 1 aliphatic heterocycles. The van der Waals surface area contributed by atoms with E-state index in [1.54, 1.807) is 16.8 Å². The molecule has 2 rings (SSSR count). The molecular formula is C11H18N4O. The van der Waals surface area contributed by atoms with Crippen LogP contribution in [0.25, 0.3) is 0 Å². The zero-order valence-electron chi connectivity index (χ0n) is 9.57. The summed E-state index contributed by atoms with van der Waals surface area (Å²) in [5.41, 5.74) is 9.76. The second-order valence-corrected chi connectivity index (χ2v) is 4.26. The van der Waals surface area contributed by atoms with Crippen LogP contribution in [-0.4, -0.2) is 28.6 Å². The van der Waals surface area contributed by atoms with E-state index in [0.717, 1.165) is 25.9 Å². The first kappa shape index (κ1) is 11.0. The number of carbonyl (C=O) groups is 1. The third-order valence-electron chi connectivity index (χ3n) is 2.87. The number of piperidine rings is 1. The van der Waals surface area contributed by atoms with Crippen molar-refractivity contribution >= 4 is 11.6 Å². The standard InChI is InChI=1S/C11H18N4O/c1-14-8-9(12)7-10(14)11(16)13-15-5-3-2-4-6-15/h7-8H,2-6,12H2,1H3,(H,13,16). The lowest BCUT2D eigenvalue weighted by molar-refractivity contribution is 0.0741. The molecule has 1 aliphatic rings. The highest BCUT2D eigenvalue weighted by Crippen LogP contribution is 2.10. The number of carbonyl (C=O) groups excluding carboxylic acids is 1. The average Bonchev–Trinajstić information content (AvgIpc) is 2.59. The number of rotatable bonds is 2. The predicted molar refractivity (Wildman–Crippen MR) is 62.7 cm³/mol. The van der Waals surface area contributed by atoms with Gasteiger partial charge in [-0.3, -0.25) is 10.2 Å². The lowest BCUT2D eigenvalue weighted by Crippen LogP contribution is -2.45. The van der Waals surface area contributed by atoms with Crippen LogP contribution < -0.4 is 11.2 Å². The maximum absolute atomic E-state index is 11.9. The molecule has 1 amide bonds. The molecule has 1 fully saturated rings. The van der Waals surface area contributed by atoms with Gasteiger partial charge < -0.3 is 10.3 Å². The fraction of sp³-hybridized carbons (Fsp3) is 0.545. The minimum absolute atomic E-state index is 0.0823. The molecule has 5 heteroatoms. The summed E-state index contributed by atoms with van der Waals surface area (Å²) < 4.78 is 1.74. The van der Waals surface area contributed by atoms with Gasteiger partial charge in [-0.2, -0.15) is 0 Å². The van der Waals surface area contributed by atoms with Crippen LogP contribution in [0.4, 0.5) is 5.69 Å². The second-order valence-electron chi connectivity index (χ2n) is 4.26. The normalized spacial score (nSPS) is 17.3. The highest BCUT2D eigenvalue weighted by atomic mass is 16.2. The van der Waals surface area contributed by atoms with Gasteiger partial charge in [0.15, 0.2) is 0 Å². The summed E-state index contributed by atoms with van der Waals surface area (Å²) in [7, 11) is 1.82. The fourth-order valence-electron chi connectivity index (χ4n) is 2.02. The maximum atomic E-state index is 11.9. The Bertz CT molecular complexity index is 379.